The normalized spacial score (nSPS) is 15.6. The average Bonchev–Trinajstić information content (AvgIpc) is 3.30. The van der Waals surface area contributed by atoms with Crippen LogP contribution < -0.4 is 4.90 Å². The predicted octanol–water partition coefficient (Wildman–Crippen LogP) is 4.44. The first-order chi connectivity index (χ1) is 17.1. The molecule has 0 saturated carbocycles. The number of anilines is 1. The molecule has 2 aromatic carbocycles. The molecule has 0 radical (unpaired) electrons. The number of halogens is 1. The molecule has 194 valence electrons. The van der Waals surface area contributed by atoms with Gasteiger partial charge in [-0.25, -0.2) is 17.8 Å². The fourth-order valence-corrected chi connectivity index (χ4v) is 7.14. The Hall–Kier alpha value is -2.40. The second kappa shape index (κ2) is 10.9. The van der Waals surface area contributed by atoms with Crippen molar-refractivity contribution in [3.8, 4) is 0 Å². The third kappa shape index (κ3) is 5.61. The third-order valence-electron chi connectivity index (χ3n) is 6.67. The molecule has 4 rings (SSSR count). The molecule has 2 heterocycles. The summed E-state index contributed by atoms with van der Waals surface area (Å²) in [6, 6.07) is 9.00. The topological polar surface area (TPSA) is 73.8 Å². The minimum atomic E-state index is -3.72. The van der Waals surface area contributed by atoms with Crippen LogP contribution in [0.5, 0.6) is 0 Å². The summed E-state index contributed by atoms with van der Waals surface area (Å²) in [5, 5.41) is 0.701. The van der Waals surface area contributed by atoms with Gasteiger partial charge in [-0.2, -0.15) is 4.31 Å². The number of piperidine rings is 1. The van der Waals surface area contributed by atoms with E-state index in [2.05, 4.69) is 24.0 Å². The van der Waals surface area contributed by atoms with Crippen LogP contribution in [0.3, 0.4) is 0 Å². The number of rotatable bonds is 8. The van der Waals surface area contributed by atoms with Gasteiger partial charge in [0.05, 0.1) is 15.1 Å². The summed E-state index contributed by atoms with van der Waals surface area (Å²) in [5.74, 6) is -0.756. The molecule has 7 nitrogen and oxygen atoms in total. The fraction of sp³-hybridized carbons (Fsp3) is 0.462. The van der Waals surface area contributed by atoms with Gasteiger partial charge in [0.2, 0.25) is 15.9 Å². The second-order valence-electron chi connectivity index (χ2n) is 9.65. The van der Waals surface area contributed by atoms with E-state index in [1.165, 1.54) is 16.4 Å². The van der Waals surface area contributed by atoms with Crippen molar-refractivity contribution in [3.63, 3.8) is 0 Å². The summed E-state index contributed by atoms with van der Waals surface area (Å²) in [6.45, 7) is 5.99. The van der Waals surface area contributed by atoms with Crippen molar-refractivity contribution in [2.75, 3.05) is 45.2 Å². The van der Waals surface area contributed by atoms with Crippen LogP contribution >= 0.6 is 11.3 Å². The van der Waals surface area contributed by atoms with Gasteiger partial charge in [0.1, 0.15) is 5.82 Å². The highest BCUT2D eigenvalue weighted by Crippen LogP contribution is 2.35. The molecule has 1 aromatic heterocycles. The van der Waals surface area contributed by atoms with E-state index in [4.69, 9.17) is 4.98 Å². The molecule has 0 unspecified atom stereocenters. The summed E-state index contributed by atoms with van der Waals surface area (Å²) in [7, 11) is 0.291. The van der Waals surface area contributed by atoms with Crippen LogP contribution in [0.1, 0.15) is 30.4 Å². The van der Waals surface area contributed by atoms with Gasteiger partial charge in [0, 0.05) is 25.6 Å². The van der Waals surface area contributed by atoms with E-state index in [9.17, 15) is 17.6 Å². The van der Waals surface area contributed by atoms with Crippen LogP contribution in [0.2, 0.25) is 0 Å². The molecule has 0 atom stereocenters. The van der Waals surface area contributed by atoms with E-state index in [1.807, 2.05) is 25.9 Å². The number of aryl methyl sites for hydroxylation is 2. The Morgan fingerprint density at radius 3 is 2.31 bits per heavy atom. The Morgan fingerprint density at radius 1 is 1.06 bits per heavy atom. The van der Waals surface area contributed by atoms with Crippen molar-refractivity contribution < 1.29 is 17.6 Å². The van der Waals surface area contributed by atoms with Gasteiger partial charge in [-0.15, -0.1) is 0 Å². The number of carbonyl (C=O) groups is 1. The van der Waals surface area contributed by atoms with Gasteiger partial charge in [0.15, 0.2) is 5.13 Å². The lowest BCUT2D eigenvalue weighted by molar-refractivity contribution is -0.123. The Labute approximate surface area is 216 Å². The third-order valence-corrected chi connectivity index (χ3v) is 9.80. The zero-order chi connectivity index (χ0) is 26.0. The van der Waals surface area contributed by atoms with Gasteiger partial charge in [-0.3, -0.25) is 9.69 Å². The lowest BCUT2D eigenvalue weighted by Crippen LogP contribution is -2.45. The number of hydrogen-bond acceptors (Lipinski definition) is 6. The lowest BCUT2D eigenvalue weighted by Gasteiger charge is -2.33. The van der Waals surface area contributed by atoms with Crippen molar-refractivity contribution >= 4 is 42.6 Å². The number of carbonyl (C=O) groups excluding carboxylic acids is 1. The minimum Gasteiger partial charge on any atom is -0.309 e. The van der Waals surface area contributed by atoms with Crippen LogP contribution in [0, 0.1) is 25.6 Å². The van der Waals surface area contributed by atoms with Crippen molar-refractivity contribution in [1.82, 2.24) is 14.2 Å². The van der Waals surface area contributed by atoms with Gasteiger partial charge < -0.3 is 4.90 Å². The van der Waals surface area contributed by atoms with Crippen LogP contribution in [-0.2, 0) is 14.8 Å². The van der Waals surface area contributed by atoms with Crippen molar-refractivity contribution in [2.45, 2.75) is 38.0 Å². The first-order valence-corrected chi connectivity index (χ1v) is 14.4. The van der Waals surface area contributed by atoms with Crippen LogP contribution in [0.4, 0.5) is 9.52 Å². The molecule has 3 aromatic rings. The van der Waals surface area contributed by atoms with E-state index >= 15 is 0 Å². The Bertz CT molecular complexity index is 1290. The number of sulfonamides is 1. The molecular weight excluding hydrogens is 499 g/mol. The average molecular weight is 533 g/mol. The van der Waals surface area contributed by atoms with E-state index in [1.54, 1.807) is 11.3 Å². The van der Waals surface area contributed by atoms with Crippen molar-refractivity contribution in [3.05, 3.63) is 53.3 Å². The molecule has 1 saturated heterocycles. The Balaban J connectivity index is 1.52. The molecule has 36 heavy (non-hydrogen) atoms. The highest BCUT2D eigenvalue weighted by atomic mass is 32.2. The maximum Gasteiger partial charge on any atom is 0.243 e. The number of nitrogens with zero attached hydrogens (tertiary/aromatic N) is 4. The summed E-state index contributed by atoms with van der Waals surface area (Å²) in [6.07, 6.45) is 1.68. The molecule has 0 bridgehead atoms. The number of benzene rings is 2. The molecule has 0 aliphatic carbocycles. The molecule has 1 amide bonds. The molecular formula is C26H33FN4O3S2. The summed E-state index contributed by atoms with van der Waals surface area (Å²) < 4.78 is 41.7. The highest BCUT2D eigenvalue weighted by Gasteiger charge is 2.35. The smallest absolute Gasteiger partial charge is 0.243 e. The number of thiazole rings is 1. The van der Waals surface area contributed by atoms with E-state index < -0.39 is 15.8 Å². The number of aromatic nitrogens is 1. The van der Waals surface area contributed by atoms with Crippen molar-refractivity contribution in [1.29, 1.82) is 0 Å². The van der Waals surface area contributed by atoms with Crippen molar-refractivity contribution in [2.24, 2.45) is 5.92 Å². The quantitative estimate of drug-likeness (QED) is 0.429. The Morgan fingerprint density at radius 2 is 1.69 bits per heavy atom. The molecule has 1 aliphatic rings. The summed E-state index contributed by atoms with van der Waals surface area (Å²) in [5.41, 5.74) is 3.15. The van der Waals surface area contributed by atoms with E-state index in [0.717, 1.165) is 46.4 Å². The first-order valence-electron chi connectivity index (χ1n) is 12.2. The first kappa shape index (κ1) is 26.7. The minimum absolute atomic E-state index is 0.00180. The van der Waals surface area contributed by atoms with E-state index in [0.29, 0.717) is 24.5 Å². The maximum absolute atomic E-state index is 13.8. The van der Waals surface area contributed by atoms with Gasteiger partial charge in [-0.05, 0) is 89.1 Å². The highest BCUT2D eigenvalue weighted by molar-refractivity contribution is 7.89. The SMILES string of the molecule is Cc1ccc(C)c2sc(N(CCCN(C)C)C(=O)C3CCN(S(=O)(=O)c4ccc(F)cc4)CC3)nc12. The number of fused-ring (bicyclic) bond motifs is 1. The zero-order valence-corrected chi connectivity index (χ0v) is 22.8. The standard InChI is InChI=1S/C26H33FN4O3S2/c1-18-6-7-19(2)24-23(18)28-26(35-24)31(15-5-14-29(3)4)25(32)20-12-16-30(17-13-20)36(33,34)22-10-8-21(27)9-11-22/h6-11,20H,5,12-17H2,1-4H3. The second-order valence-corrected chi connectivity index (χ2v) is 12.6. The van der Waals surface area contributed by atoms with Gasteiger partial charge >= 0.3 is 0 Å². The number of amides is 1. The molecule has 1 aliphatic heterocycles. The van der Waals surface area contributed by atoms with Gasteiger partial charge in [-0.1, -0.05) is 23.5 Å². The maximum atomic E-state index is 13.8. The lowest BCUT2D eigenvalue weighted by atomic mass is 9.96. The largest absolute Gasteiger partial charge is 0.309 e. The van der Waals surface area contributed by atoms with Gasteiger partial charge in [0.25, 0.3) is 0 Å². The molecule has 0 N–H and O–H groups in total. The van der Waals surface area contributed by atoms with Crippen LogP contribution in [0.25, 0.3) is 10.2 Å². The zero-order valence-electron chi connectivity index (χ0n) is 21.2. The summed E-state index contributed by atoms with van der Waals surface area (Å²) >= 11 is 1.54. The molecule has 1 fully saturated rings. The predicted molar refractivity (Wildman–Crippen MR) is 143 cm³/mol. The number of hydrogen-bond donors (Lipinski definition) is 0. The monoisotopic (exact) mass is 532 g/mol. The molecule has 10 heteroatoms. The fourth-order valence-electron chi connectivity index (χ4n) is 4.53. The molecule has 0 spiro atoms. The van der Waals surface area contributed by atoms with E-state index in [-0.39, 0.29) is 29.8 Å². The van der Waals surface area contributed by atoms with Crippen LogP contribution in [-0.4, -0.2) is 68.8 Å². The summed E-state index contributed by atoms with van der Waals surface area (Å²) in [4.78, 5) is 22.6. The van der Waals surface area contributed by atoms with Crippen LogP contribution in [0.15, 0.2) is 41.3 Å². The Kier molecular flexibility index (Phi) is 8.09.